The van der Waals surface area contributed by atoms with Crippen molar-refractivity contribution in [2.24, 2.45) is 5.41 Å². The van der Waals surface area contributed by atoms with Crippen molar-refractivity contribution in [1.82, 2.24) is 0 Å². The minimum Gasteiger partial charge on any atom is -0.0840 e. The van der Waals surface area contributed by atoms with Crippen LogP contribution in [0.25, 0.3) is 0 Å². The zero-order chi connectivity index (χ0) is 7.73. The maximum absolute atomic E-state index is 2.41. The van der Waals surface area contributed by atoms with E-state index in [2.05, 4.69) is 25.2 Å². The summed E-state index contributed by atoms with van der Waals surface area (Å²) < 4.78 is 0. The molecule has 2 rings (SSSR count). The first-order chi connectivity index (χ1) is 5.29. The quantitative estimate of drug-likeness (QED) is 0.562. The molecule has 0 heteroatoms. The van der Waals surface area contributed by atoms with E-state index in [1.165, 1.54) is 32.1 Å². The Kier molecular flexibility index (Phi) is 1.63. The molecule has 0 aromatic carbocycles. The van der Waals surface area contributed by atoms with Gasteiger partial charge in [0.2, 0.25) is 0 Å². The van der Waals surface area contributed by atoms with Crippen molar-refractivity contribution in [1.29, 1.82) is 0 Å². The Balaban J connectivity index is 1.95. The highest BCUT2D eigenvalue weighted by molar-refractivity contribution is 5.24. The smallest absolute Gasteiger partial charge is 0.0228 e. The van der Waals surface area contributed by atoms with Crippen LogP contribution in [-0.4, -0.2) is 0 Å². The lowest BCUT2D eigenvalue weighted by Crippen LogP contribution is -1.95. The standard InChI is InChI=1S/C11H16/c1-11(7-8-11)9-10-5-3-2-4-6-10/h3,5-6H,2,4,7-9H2,1H3. The largest absolute Gasteiger partial charge is 0.0840 e. The van der Waals surface area contributed by atoms with Gasteiger partial charge < -0.3 is 0 Å². The van der Waals surface area contributed by atoms with Gasteiger partial charge in [0, 0.05) is 0 Å². The fourth-order valence-corrected chi connectivity index (χ4v) is 1.68. The SMILES string of the molecule is CC1(CC2=CCCC=C2)CC1. The third-order valence-corrected chi connectivity index (χ3v) is 2.81. The van der Waals surface area contributed by atoms with Gasteiger partial charge in [-0.1, -0.05) is 30.7 Å². The first-order valence-corrected chi connectivity index (χ1v) is 4.64. The summed E-state index contributed by atoms with van der Waals surface area (Å²) in [7, 11) is 0. The first kappa shape index (κ1) is 7.15. The summed E-state index contributed by atoms with van der Waals surface area (Å²) in [5.41, 5.74) is 2.27. The van der Waals surface area contributed by atoms with E-state index in [1.807, 2.05) is 0 Å². The molecule has 0 amide bonds. The lowest BCUT2D eigenvalue weighted by Gasteiger charge is -2.11. The Bertz CT molecular complexity index is 204. The minimum atomic E-state index is 0.688. The highest BCUT2D eigenvalue weighted by Gasteiger charge is 2.37. The second-order valence-electron chi connectivity index (χ2n) is 4.25. The molecule has 1 fully saturated rings. The zero-order valence-corrected chi connectivity index (χ0v) is 7.27. The molecule has 0 aromatic rings. The van der Waals surface area contributed by atoms with Crippen LogP contribution < -0.4 is 0 Å². The summed E-state index contributed by atoms with van der Waals surface area (Å²) in [4.78, 5) is 0. The lowest BCUT2D eigenvalue weighted by molar-refractivity contribution is 0.570. The Morgan fingerprint density at radius 1 is 1.36 bits per heavy atom. The highest BCUT2D eigenvalue weighted by Crippen LogP contribution is 2.50. The van der Waals surface area contributed by atoms with Crippen molar-refractivity contribution >= 4 is 0 Å². The second-order valence-corrected chi connectivity index (χ2v) is 4.25. The molecule has 0 aliphatic heterocycles. The number of hydrogen-bond acceptors (Lipinski definition) is 0. The van der Waals surface area contributed by atoms with Crippen LogP contribution in [0, 0.1) is 5.41 Å². The second kappa shape index (κ2) is 2.51. The summed E-state index contributed by atoms with van der Waals surface area (Å²) in [6, 6.07) is 0. The normalized spacial score (nSPS) is 26.5. The summed E-state index contributed by atoms with van der Waals surface area (Å²) in [6.45, 7) is 2.40. The van der Waals surface area contributed by atoms with Crippen LogP contribution in [0.1, 0.15) is 39.0 Å². The van der Waals surface area contributed by atoms with E-state index in [0.29, 0.717) is 5.41 Å². The van der Waals surface area contributed by atoms with Crippen LogP contribution in [0.4, 0.5) is 0 Å². The van der Waals surface area contributed by atoms with E-state index in [4.69, 9.17) is 0 Å². The minimum absolute atomic E-state index is 0.688. The van der Waals surface area contributed by atoms with Gasteiger partial charge in [-0.2, -0.15) is 0 Å². The maximum atomic E-state index is 2.41. The molecule has 0 heterocycles. The van der Waals surface area contributed by atoms with E-state index >= 15 is 0 Å². The van der Waals surface area contributed by atoms with Crippen molar-refractivity contribution < 1.29 is 0 Å². The Hall–Kier alpha value is -0.520. The number of rotatable bonds is 2. The molecule has 0 unspecified atom stereocenters. The van der Waals surface area contributed by atoms with Gasteiger partial charge in [0.1, 0.15) is 0 Å². The van der Waals surface area contributed by atoms with Gasteiger partial charge in [0.05, 0.1) is 0 Å². The van der Waals surface area contributed by atoms with Gasteiger partial charge in [0.15, 0.2) is 0 Å². The fourth-order valence-electron chi connectivity index (χ4n) is 1.68. The van der Waals surface area contributed by atoms with E-state index in [9.17, 15) is 0 Å². The molecule has 0 radical (unpaired) electrons. The molecule has 60 valence electrons. The molecule has 1 saturated carbocycles. The maximum Gasteiger partial charge on any atom is -0.0228 e. The van der Waals surface area contributed by atoms with Gasteiger partial charge in [-0.3, -0.25) is 0 Å². The van der Waals surface area contributed by atoms with Gasteiger partial charge in [-0.05, 0) is 37.5 Å². The van der Waals surface area contributed by atoms with Gasteiger partial charge >= 0.3 is 0 Å². The topological polar surface area (TPSA) is 0 Å². The third kappa shape index (κ3) is 1.74. The molecule has 2 aliphatic carbocycles. The highest BCUT2D eigenvalue weighted by atomic mass is 14.4. The predicted molar refractivity (Wildman–Crippen MR) is 48.4 cm³/mol. The molecule has 0 aromatic heterocycles. The predicted octanol–water partition coefficient (Wildman–Crippen LogP) is 3.45. The Morgan fingerprint density at radius 3 is 2.73 bits per heavy atom. The van der Waals surface area contributed by atoms with Gasteiger partial charge in [-0.25, -0.2) is 0 Å². The molecule has 0 saturated heterocycles. The molecule has 0 nitrogen and oxygen atoms in total. The number of hydrogen-bond donors (Lipinski definition) is 0. The van der Waals surface area contributed by atoms with Gasteiger partial charge in [0.25, 0.3) is 0 Å². The van der Waals surface area contributed by atoms with Crippen LogP contribution in [0.2, 0.25) is 0 Å². The molecule has 11 heavy (non-hydrogen) atoms. The Labute approximate surface area is 69.0 Å². The van der Waals surface area contributed by atoms with Crippen molar-refractivity contribution in [2.45, 2.75) is 39.0 Å². The van der Waals surface area contributed by atoms with Crippen LogP contribution in [0.3, 0.4) is 0 Å². The third-order valence-electron chi connectivity index (χ3n) is 2.81. The van der Waals surface area contributed by atoms with Crippen LogP contribution in [0.5, 0.6) is 0 Å². The van der Waals surface area contributed by atoms with Crippen molar-refractivity contribution in [3.05, 3.63) is 23.8 Å². The summed E-state index contributed by atoms with van der Waals surface area (Å²) in [5.74, 6) is 0. The molecule has 0 atom stereocenters. The van der Waals surface area contributed by atoms with Crippen molar-refractivity contribution in [3.63, 3.8) is 0 Å². The monoisotopic (exact) mass is 148 g/mol. The first-order valence-electron chi connectivity index (χ1n) is 4.64. The summed E-state index contributed by atoms with van der Waals surface area (Å²) in [5, 5.41) is 0. The van der Waals surface area contributed by atoms with Crippen molar-refractivity contribution in [2.75, 3.05) is 0 Å². The Morgan fingerprint density at radius 2 is 2.18 bits per heavy atom. The molecule has 0 bridgehead atoms. The fraction of sp³-hybridized carbons (Fsp3) is 0.636. The average Bonchev–Trinajstić information content (AvgIpc) is 2.70. The van der Waals surface area contributed by atoms with Crippen LogP contribution in [0.15, 0.2) is 23.8 Å². The van der Waals surface area contributed by atoms with E-state index in [0.717, 1.165) is 0 Å². The van der Waals surface area contributed by atoms with Crippen LogP contribution in [-0.2, 0) is 0 Å². The van der Waals surface area contributed by atoms with E-state index < -0.39 is 0 Å². The van der Waals surface area contributed by atoms with Gasteiger partial charge in [-0.15, -0.1) is 0 Å². The molecule has 0 spiro atoms. The van der Waals surface area contributed by atoms with Crippen LogP contribution >= 0.6 is 0 Å². The molecule has 0 N–H and O–H groups in total. The summed E-state index contributed by atoms with van der Waals surface area (Å²) in [6.07, 6.45) is 13.7. The van der Waals surface area contributed by atoms with E-state index in [1.54, 1.807) is 5.57 Å². The molecular formula is C11H16. The summed E-state index contributed by atoms with van der Waals surface area (Å²) >= 11 is 0. The lowest BCUT2D eigenvalue weighted by atomic mass is 9.95. The molecule has 2 aliphatic rings. The van der Waals surface area contributed by atoms with E-state index in [-0.39, 0.29) is 0 Å². The number of allylic oxidation sites excluding steroid dienone is 4. The average molecular weight is 148 g/mol. The zero-order valence-electron chi connectivity index (χ0n) is 7.27. The molecular weight excluding hydrogens is 132 g/mol. The van der Waals surface area contributed by atoms with Crippen molar-refractivity contribution in [3.8, 4) is 0 Å².